The maximum absolute atomic E-state index is 12.4. The Kier molecular flexibility index (Phi) is 2.70. The van der Waals surface area contributed by atoms with Gasteiger partial charge in [-0.25, -0.2) is 9.50 Å². The zero-order chi connectivity index (χ0) is 14.5. The number of amides is 1. The van der Waals surface area contributed by atoms with Gasteiger partial charge in [-0.15, -0.1) is 0 Å². The number of alkyl halides is 3. The lowest BCUT2D eigenvalue weighted by atomic mass is 10.1. The van der Waals surface area contributed by atoms with Gasteiger partial charge in [0.2, 0.25) is 6.41 Å². The highest BCUT2D eigenvalue weighted by Gasteiger charge is 2.32. The molecule has 0 spiro atoms. The molecular formula is C12H11F3N4O. The maximum atomic E-state index is 12.4. The normalized spacial score (nSPS) is 18.6. The van der Waals surface area contributed by atoms with Crippen molar-refractivity contribution in [1.29, 1.82) is 0 Å². The van der Waals surface area contributed by atoms with Gasteiger partial charge in [0.15, 0.2) is 5.65 Å². The lowest BCUT2D eigenvalue weighted by Gasteiger charge is -2.08. The van der Waals surface area contributed by atoms with Gasteiger partial charge in [-0.3, -0.25) is 4.79 Å². The number of carbonyl (C=O) groups is 1. The molecule has 0 fully saturated rings. The molecule has 2 aromatic heterocycles. The number of hydrogen-bond donors (Lipinski definition) is 0. The molecule has 0 aromatic carbocycles. The van der Waals surface area contributed by atoms with Crippen LogP contribution in [0, 0.1) is 0 Å². The van der Waals surface area contributed by atoms with E-state index in [1.54, 1.807) is 0 Å². The Labute approximate surface area is 112 Å². The smallest absolute Gasteiger partial charge is 0.311 e. The Morgan fingerprint density at radius 3 is 2.90 bits per heavy atom. The molecule has 1 amide bonds. The minimum Gasteiger partial charge on any atom is -0.311 e. The van der Waals surface area contributed by atoms with Crippen LogP contribution in [-0.2, 0) is 11.2 Å². The second kappa shape index (κ2) is 4.19. The SMILES string of the molecule is CC1CN(C=O)c2cnc3cc(CC(F)(F)F)nn3c21. The Hall–Kier alpha value is -2.12. The number of anilines is 1. The molecule has 8 heteroatoms. The third-order valence-corrected chi connectivity index (χ3v) is 3.31. The first-order valence-corrected chi connectivity index (χ1v) is 6.05. The average molecular weight is 284 g/mol. The van der Waals surface area contributed by atoms with Gasteiger partial charge in [0.05, 0.1) is 29.7 Å². The zero-order valence-corrected chi connectivity index (χ0v) is 10.6. The number of aromatic nitrogens is 3. The minimum absolute atomic E-state index is 0.000614. The first-order valence-electron chi connectivity index (χ1n) is 6.05. The summed E-state index contributed by atoms with van der Waals surface area (Å²) in [4.78, 5) is 16.5. The summed E-state index contributed by atoms with van der Waals surface area (Å²) < 4.78 is 38.6. The second-order valence-electron chi connectivity index (χ2n) is 4.89. The quantitative estimate of drug-likeness (QED) is 0.792. The predicted molar refractivity (Wildman–Crippen MR) is 64.6 cm³/mol. The van der Waals surface area contributed by atoms with Crippen molar-refractivity contribution in [2.45, 2.75) is 25.4 Å². The van der Waals surface area contributed by atoms with E-state index in [1.165, 1.54) is 21.7 Å². The lowest BCUT2D eigenvalue weighted by Crippen LogP contribution is -2.18. The van der Waals surface area contributed by atoms with Crippen LogP contribution in [0.25, 0.3) is 5.65 Å². The number of hydrogen-bond acceptors (Lipinski definition) is 3. The molecule has 1 aliphatic rings. The van der Waals surface area contributed by atoms with Crippen molar-refractivity contribution in [1.82, 2.24) is 14.6 Å². The average Bonchev–Trinajstić information content (AvgIpc) is 2.87. The Morgan fingerprint density at radius 2 is 2.25 bits per heavy atom. The Morgan fingerprint density at radius 1 is 1.50 bits per heavy atom. The molecule has 0 aliphatic carbocycles. The summed E-state index contributed by atoms with van der Waals surface area (Å²) in [6.45, 7) is 2.38. The largest absolute Gasteiger partial charge is 0.394 e. The molecule has 1 atom stereocenters. The molecule has 0 bridgehead atoms. The minimum atomic E-state index is -4.30. The van der Waals surface area contributed by atoms with Gasteiger partial charge in [-0.1, -0.05) is 6.92 Å². The topological polar surface area (TPSA) is 50.5 Å². The van der Waals surface area contributed by atoms with Gasteiger partial charge in [0.25, 0.3) is 0 Å². The van der Waals surface area contributed by atoms with Gasteiger partial charge in [-0.05, 0) is 0 Å². The number of halogens is 3. The van der Waals surface area contributed by atoms with Crippen LogP contribution in [0.3, 0.4) is 0 Å². The van der Waals surface area contributed by atoms with Gasteiger partial charge < -0.3 is 4.90 Å². The number of fused-ring (bicyclic) bond motifs is 3. The molecule has 1 aliphatic heterocycles. The van der Waals surface area contributed by atoms with Crippen molar-refractivity contribution in [3.8, 4) is 0 Å². The van der Waals surface area contributed by atoms with Crippen molar-refractivity contribution in [3.63, 3.8) is 0 Å². The fourth-order valence-electron chi connectivity index (χ4n) is 2.54. The van der Waals surface area contributed by atoms with E-state index in [1.807, 2.05) is 6.92 Å². The molecule has 0 radical (unpaired) electrons. The van der Waals surface area contributed by atoms with Crippen LogP contribution in [0.2, 0.25) is 0 Å². The van der Waals surface area contributed by atoms with Crippen molar-refractivity contribution in [2.75, 3.05) is 11.4 Å². The van der Waals surface area contributed by atoms with E-state index in [2.05, 4.69) is 10.1 Å². The van der Waals surface area contributed by atoms with Crippen LogP contribution in [0.5, 0.6) is 0 Å². The Balaban J connectivity index is 2.12. The molecule has 0 saturated heterocycles. The van der Waals surface area contributed by atoms with E-state index < -0.39 is 12.6 Å². The first-order chi connectivity index (χ1) is 9.39. The van der Waals surface area contributed by atoms with Crippen LogP contribution in [0.1, 0.15) is 24.2 Å². The van der Waals surface area contributed by atoms with Crippen molar-refractivity contribution >= 4 is 17.7 Å². The molecule has 3 rings (SSSR count). The molecule has 3 heterocycles. The number of rotatable bonds is 2. The van der Waals surface area contributed by atoms with Crippen LogP contribution < -0.4 is 4.90 Å². The molecule has 0 saturated carbocycles. The van der Waals surface area contributed by atoms with Crippen LogP contribution in [0.4, 0.5) is 18.9 Å². The molecule has 5 nitrogen and oxygen atoms in total. The molecule has 2 aromatic rings. The summed E-state index contributed by atoms with van der Waals surface area (Å²) in [5.74, 6) is -0.000614. The highest BCUT2D eigenvalue weighted by atomic mass is 19.4. The standard InChI is InChI=1S/C12H11F3N4O/c1-7-5-18(6-20)9-4-16-10-2-8(3-12(13,14)15)17-19(10)11(7)9/h2,4,6-7H,3,5H2,1H3. The highest BCUT2D eigenvalue weighted by Crippen LogP contribution is 2.34. The maximum Gasteiger partial charge on any atom is 0.394 e. The van der Waals surface area contributed by atoms with Gasteiger partial charge in [0, 0.05) is 18.5 Å². The summed E-state index contributed by atoms with van der Waals surface area (Å²) in [7, 11) is 0. The summed E-state index contributed by atoms with van der Waals surface area (Å²) >= 11 is 0. The zero-order valence-electron chi connectivity index (χ0n) is 10.6. The van der Waals surface area contributed by atoms with Gasteiger partial charge >= 0.3 is 6.18 Å². The fourth-order valence-corrected chi connectivity index (χ4v) is 2.54. The Bertz CT molecular complexity index is 679. The van der Waals surface area contributed by atoms with E-state index in [0.717, 1.165) is 5.69 Å². The fraction of sp³-hybridized carbons (Fsp3) is 0.417. The lowest BCUT2D eigenvalue weighted by molar-refractivity contribution is -0.127. The molecule has 1 unspecified atom stereocenters. The number of nitrogens with zero attached hydrogens (tertiary/aromatic N) is 4. The highest BCUT2D eigenvalue weighted by molar-refractivity contribution is 5.79. The van der Waals surface area contributed by atoms with Crippen LogP contribution in [0.15, 0.2) is 12.3 Å². The number of carbonyl (C=O) groups excluding carboxylic acids is 1. The molecular weight excluding hydrogens is 273 g/mol. The molecule has 0 N–H and O–H groups in total. The van der Waals surface area contributed by atoms with E-state index >= 15 is 0 Å². The van der Waals surface area contributed by atoms with Gasteiger partial charge in [-0.2, -0.15) is 18.3 Å². The second-order valence-corrected chi connectivity index (χ2v) is 4.89. The third kappa shape index (κ3) is 2.00. The van der Waals surface area contributed by atoms with Crippen LogP contribution >= 0.6 is 0 Å². The third-order valence-electron chi connectivity index (χ3n) is 3.31. The predicted octanol–water partition coefficient (Wildman–Crippen LogP) is 1.91. The van der Waals surface area contributed by atoms with Crippen molar-refractivity contribution in [2.24, 2.45) is 0 Å². The summed E-state index contributed by atoms with van der Waals surface area (Å²) in [6.07, 6.45) is -3.20. The van der Waals surface area contributed by atoms with E-state index in [9.17, 15) is 18.0 Å². The monoisotopic (exact) mass is 284 g/mol. The molecule has 106 valence electrons. The molecule has 20 heavy (non-hydrogen) atoms. The van der Waals surface area contributed by atoms with Crippen LogP contribution in [-0.4, -0.2) is 33.7 Å². The first kappa shape index (κ1) is 12.9. The van der Waals surface area contributed by atoms with Crippen molar-refractivity contribution < 1.29 is 18.0 Å². The van der Waals surface area contributed by atoms with E-state index in [0.29, 0.717) is 24.3 Å². The van der Waals surface area contributed by atoms with Gasteiger partial charge in [0.1, 0.15) is 0 Å². The summed E-state index contributed by atoms with van der Waals surface area (Å²) in [5.41, 5.74) is 1.61. The summed E-state index contributed by atoms with van der Waals surface area (Å²) in [5, 5.41) is 3.98. The van der Waals surface area contributed by atoms with E-state index in [4.69, 9.17) is 0 Å². The summed E-state index contributed by atoms with van der Waals surface area (Å²) in [6, 6.07) is 1.32. The van der Waals surface area contributed by atoms with E-state index in [-0.39, 0.29) is 11.6 Å². The van der Waals surface area contributed by atoms with Crippen molar-refractivity contribution in [3.05, 3.63) is 23.7 Å².